The Kier molecular flexibility index (Phi) is 2.20. The van der Waals surface area contributed by atoms with Crippen LogP contribution in [0.3, 0.4) is 0 Å². The number of nitrogens with zero attached hydrogens (tertiary/aromatic N) is 3. The highest BCUT2D eigenvalue weighted by atomic mass is 32.2. The van der Waals surface area contributed by atoms with Crippen LogP contribution in [0.25, 0.3) is 10.4 Å². The fourth-order valence-electron chi connectivity index (χ4n) is 0.874. The minimum absolute atomic E-state index is 0.288. The van der Waals surface area contributed by atoms with Crippen molar-refractivity contribution in [3.05, 3.63) is 10.4 Å². The quantitative estimate of drug-likeness (QED) is 0.319. The van der Waals surface area contributed by atoms with Gasteiger partial charge in [-0.3, -0.25) is 0 Å². The fourth-order valence-corrected chi connectivity index (χ4v) is 1.96. The lowest BCUT2D eigenvalue weighted by molar-refractivity contribution is 0.621. The predicted octanol–water partition coefficient (Wildman–Crippen LogP) is 2.44. The molecule has 1 fully saturated rings. The van der Waals surface area contributed by atoms with Gasteiger partial charge in [-0.1, -0.05) is 5.11 Å². The van der Waals surface area contributed by atoms with E-state index >= 15 is 0 Å². The van der Waals surface area contributed by atoms with Crippen LogP contribution < -0.4 is 0 Å². The first-order chi connectivity index (χ1) is 5.43. The van der Waals surface area contributed by atoms with Crippen molar-refractivity contribution in [1.29, 1.82) is 0 Å². The van der Waals surface area contributed by atoms with E-state index in [-0.39, 0.29) is 6.04 Å². The third kappa shape index (κ3) is 2.16. The molecule has 52 valence electrons. The van der Waals surface area contributed by atoms with Gasteiger partial charge in [0.25, 0.3) is 0 Å². The second kappa shape index (κ2) is 3.64. The Labute approximate surface area is 61.5 Å². The largest absolute Gasteiger partial charge is 0.162 e. The van der Waals surface area contributed by atoms with Gasteiger partial charge in [0.1, 0.15) is 0 Å². The maximum atomic E-state index is 8.07. The van der Waals surface area contributed by atoms with Crippen LogP contribution in [-0.4, -0.2) is 17.5 Å². The molecule has 0 saturated carbocycles. The highest BCUT2D eigenvalue weighted by molar-refractivity contribution is 7.99. The van der Waals surface area contributed by atoms with E-state index in [1.165, 1.54) is 0 Å². The molecule has 0 amide bonds. The van der Waals surface area contributed by atoms with Crippen LogP contribution >= 0.6 is 11.8 Å². The van der Waals surface area contributed by atoms with Gasteiger partial charge in [0, 0.05) is 13.9 Å². The molecule has 0 aromatic rings. The molecule has 1 saturated heterocycles. The van der Waals surface area contributed by atoms with Crippen LogP contribution in [0, 0.1) is 0 Å². The molecule has 0 spiro atoms. The van der Waals surface area contributed by atoms with Crippen LogP contribution in [0.2, 0.25) is 0 Å². The van der Waals surface area contributed by atoms with Gasteiger partial charge in [0.05, 0.1) is 0 Å². The van der Waals surface area contributed by atoms with E-state index < -0.39 is 0 Å². The van der Waals surface area contributed by atoms with E-state index in [1.807, 2.05) is 11.8 Å². The van der Waals surface area contributed by atoms with Crippen LogP contribution in [0.1, 0.15) is 15.8 Å². The molecule has 0 radical (unpaired) electrons. The first-order valence-electron chi connectivity index (χ1n) is 4.05. The SMILES string of the molecule is [2H][2H].[N-]=[N+]=NC1CCSCC1. The second-order valence-electron chi connectivity index (χ2n) is 2.05. The van der Waals surface area contributed by atoms with Gasteiger partial charge in [0.15, 0.2) is 0 Å². The minimum atomic E-state index is 0.288. The van der Waals surface area contributed by atoms with Crippen molar-refractivity contribution < 1.29 is 2.97 Å². The monoisotopic (exact) mass is 147 g/mol. The molecule has 0 unspecified atom stereocenters. The molecule has 1 rings (SSSR count). The van der Waals surface area contributed by atoms with E-state index in [4.69, 9.17) is 8.50 Å². The van der Waals surface area contributed by atoms with E-state index in [9.17, 15) is 0 Å². The molecule has 0 aromatic carbocycles. The third-order valence-corrected chi connectivity index (χ3v) is 2.45. The number of hydrogen-bond donors (Lipinski definition) is 0. The average molecular weight is 147 g/mol. The lowest BCUT2D eigenvalue weighted by atomic mass is 10.2. The highest BCUT2D eigenvalue weighted by Gasteiger charge is 2.10. The maximum absolute atomic E-state index is 8.07. The van der Waals surface area contributed by atoms with Crippen molar-refractivity contribution in [2.75, 3.05) is 11.5 Å². The molecule has 9 heavy (non-hydrogen) atoms. The molecular formula is C5H11N3S. The van der Waals surface area contributed by atoms with Crippen LogP contribution in [0.4, 0.5) is 0 Å². The van der Waals surface area contributed by atoms with E-state index in [1.54, 1.807) is 0 Å². The average Bonchev–Trinajstić information content (AvgIpc) is 2.11. The summed E-state index contributed by atoms with van der Waals surface area (Å²) in [6.45, 7) is 0. The maximum Gasteiger partial charge on any atom is 0.0389 e. The molecule has 1 heterocycles. The van der Waals surface area contributed by atoms with E-state index in [2.05, 4.69) is 10.0 Å². The van der Waals surface area contributed by atoms with Crippen molar-refractivity contribution in [2.24, 2.45) is 5.11 Å². The molecule has 1 aliphatic heterocycles. The summed E-state index contributed by atoms with van der Waals surface area (Å²) >= 11 is 1.94. The summed E-state index contributed by atoms with van der Waals surface area (Å²) in [5.74, 6) is 2.31. The molecule has 1 aliphatic rings. The second-order valence-corrected chi connectivity index (χ2v) is 3.27. The van der Waals surface area contributed by atoms with Crippen molar-refractivity contribution in [2.45, 2.75) is 18.9 Å². The van der Waals surface area contributed by atoms with Crippen LogP contribution in [-0.2, 0) is 0 Å². The van der Waals surface area contributed by atoms with Crippen molar-refractivity contribution in [1.82, 2.24) is 0 Å². The topological polar surface area (TPSA) is 48.8 Å². The van der Waals surface area contributed by atoms with Crippen molar-refractivity contribution >= 4 is 11.8 Å². The number of azide groups is 1. The molecule has 0 atom stereocenters. The summed E-state index contributed by atoms with van der Waals surface area (Å²) in [5, 5.41) is 3.65. The van der Waals surface area contributed by atoms with Gasteiger partial charge in [-0.15, -0.1) is 0 Å². The van der Waals surface area contributed by atoms with Crippen LogP contribution in [0.15, 0.2) is 5.11 Å². The van der Waals surface area contributed by atoms with Crippen molar-refractivity contribution in [3.8, 4) is 0 Å². The summed E-state index contributed by atoms with van der Waals surface area (Å²) in [4.78, 5) is 2.78. The van der Waals surface area contributed by atoms with Gasteiger partial charge in [0.2, 0.25) is 0 Å². The van der Waals surface area contributed by atoms with E-state index in [0.29, 0.717) is 0 Å². The molecule has 0 aliphatic carbocycles. The zero-order chi connectivity index (χ0) is 8.53. The minimum Gasteiger partial charge on any atom is -0.162 e. The zero-order valence-corrected chi connectivity index (χ0v) is 5.97. The Morgan fingerprint density at radius 2 is 2.33 bits per heavy atom. The molecule has 4 heteroatoms. The molecule has 0 N–H and O–H groups in total. The summed E-state index contributed by atoms with van der Waals surface area (Å²) in [6, 6.07) is 0.288. The summed E-state index contributed by atoms with van der Waals surface area (Å²) in [7, 11) is 0. The number of thioether (sulfide) groups is 1. The molecule has 3 nitrogen and oxygen atoms in total. The summed E-state index contributed by atoms with van der Waals surface area (Å²) < 4.78 is 10.0. The van der Waals surface area contributed by atoms with Gasteiger partial charge in [-0.2, -0.15) is 11.8 Å². The third-order valence-electron chi connectivity index (χ3n) is 1.41. The predicted molar refractivity (Wildman–Crippen MR) is 41.6 cm³/mol. The zero-order valence-electron chi connectivity index (χ0n) is 7.16. The Morgan fingerprint density at radius 3 is 2.89 bits per heavy atom. The standard InChI is InChI=1S/C5H9N3S.H2/c6-8-7-5-1-3-9-4-2-5;/h5H,1-4H2;1H/i;1+1D. The van der Waals surface area contributed by atoms with Gasteiger partial charge in [-0.05, 0) is 29.9 Å². The van der Waals surface area contributed by atoms with E-state index in [0.717, 1.165) is 24.3 Å². The summed E-state index contributed by atoms with van der Waals surface area (Å²) in [6.07, 6.45) is 2.13. The molecule has 0 aromatic heterocycles. The smallest absolute Gasteiger partial charge is 0.0389 e. The lowest BCUT2D eigenvalue weighted by Crippen LogP contribution is -2.11. The van der Waals surface area contributed by atoms with Gasteiger partial charge < -0.3 is 0 Å². The molecular weight excluding hydrogens is 134 g/mol. The Hall–Kier alpha value is -0.340. The summed E-state index contributed by atoms with van der Waals surface area (Å²) in [5.41, 5.74) is 8.07. The number of hydrogen-bond acceptors (Lipinski definition) is 2. The molecule has 0 bridgehead atoms. The Bertz CT molecular complexity index is 132. The fraction of sp³-hybridized carbons (Fsp3) is 1.00. The first kappa shape index (κ1) is 5.45. The van der Waals surface area contributed by atoms with Crippen LogP contribution in [0.5, 0.6) is 0 Å². The lowest BCUT2D eigenvalue weighted by Gasteiger charge is -2.15. The van der Waals surface area contributed by atoms with Gasteiger partial charge in [-0.25, -0.2) is 0 Å². The number of rotatable bonds is 1. The highest BCUT2D eigenvalue weighted by Crippen LogP contribution is 2.19. The first-order valence-corrected chi connectivity index (χ1v) is 4.21. The van der Waals surface area contributed by atoms with Crippen molar-refractivity contribution in [3.63, 3.8) is 0 Å². The Balaban J connectivity index is 0.000000461. The Morgan fingerprint density at radius 1 is 1.67 bits per heavy atom. The van der Waals surface area contributed by atoms with Gasteiger partial charge >= 0.3 is 0 Å². The normalized spacial score (nSPS) is 21.8.